The first-order chi connectivity index (χ1) is 28.3. The second-order valence-electron chi connectivity index (χ2n) is 15.3. The van der Waals surface area contributed by atoms with Gasteiger partial charge < -0.3 is 14.0 Å². The van der Waals surface area contributed by atoms with Gasteiger partial charge in [0.1, 0.15) is 0 Å². The highest BCUT2D eigenvalue weighted by Crippen LogP contribution is 2.52. The molecule has 268 valence electrons. The molecule has 0 bridgehead atoms. The van der Waals surface area contributed by atoms with Crippen molar-refractivity contribution in [3.63, 3.8) is 0 Å². The predicted molar refractivity (Wildman–Crippen MR) is 240 cm³/mol. The highest BCUT2D eigenvalue weighted by molar-refractivity contribution is 6.13. The lowest BCUT2D eigenvalue weighted by atomic mass is 9.87. The highest BCUT2D eigenvalue weighted by Gasteiger charge is 2.42. The molecule has 2 aliphatic rings. The first kappa shape index (κ1) is 31.9. The van der Waals surface area contributed by atoms with Crippen LogP contribution < -0.4 is 4.90 Å². The molecule has 0 fully saturated rings. The Kier molecular flexibility index (Phi) is 7.05. The lowest BCUT2D eigenvalue weighted by molar-refractivity contribution is 0.736. The Morgan fingerprint density at radius 3 is 1.65 bits per heavy atom. The van der Waals surface area contributed by atoms with Crippen molar-refractivity contribution in [3.05, 3.63) is 218 Å². The molecule has 57 heavy (non-hydrogen) atoms. The molecule has 0 amide bonds. The molecule has 3 heterocycles. The molecule has 8 aromatic carbocycles. The van der Waals surface area contributed by atoms with Gasteiger partial charge in [-0.15, -0.1) is 0 Å². The molecular weight excluding hydrogens is 691 g/mol. The molecule has 3 nitrogen and oxygen atoms in total. The first-order valence-corrected chi connectivity index (χ1v) is 19.8. The van der Waals surface area contributed by atoms with Crippen LogP contribution in [-0.2, 0) is 0 Å². The lowest BCUT2D eigenvalue weighted by Gasteiger charge is -2.32. The Morgan fingerprint density at radius 2 is 0.912 bits per heavy atom. The van der Waals surface area contributed by atoms with Crippen molar-refractivity contribution in [1.82, 2.24) is 9.13 Å². The number of hydrogen-bond donors (Lipinski definition) is 0. The zero-order valence-corrected chi connectivity index (χ0v) is 31.2. The van der Waals surface area contributed by atoms with Crippen molar-refractivity contribution in [2.45, 2.75) is 12.0 Å². The van der Waals surface area contributed by atoms with Crippen molar-refractivity contribution in [3.8, 4) is 27.9 Å². The van der Waals surface area contributed by atoms with Gasteiger partial charge in [0.25, 0.3) is 0 Å². The summed E-state index contributed by atoms with van der Waals surface area (Å²) in [6, 6.07) is 71.3. The summed E-state index contributed by atoms with van der Waals surface area (Å²) in [5, 5.41) is 5.04. The zero-order chi connectivity index (χ0) is 37.5. The maximum absolute atomic E-state index is 2.53. The minimum atomic E-state index is 0.176. The van der Waals surface area contributed by atoms with E-state index in [9.17, 15) is 0 Å². The summed E-state index contributed by atoms with van der Waals surface area (Å²) >= 11 is 0. The van der Waals surface area contributed by atoms with Gasteiger partial charge in [0.05, 0.1) is 34.0 Å². The van der Waals surface area contributed by atoms with Gasteiger partial charge in [-0.3, -0.25) is 0 Å². The van der Waals surface area contributed by atoms with Gasteiger partial charge in [-0.05, 0) is 101 Å². The second-order valence-corrected chi connectivity index (χ2v) is 15.3. The second kappa shape index (κ2) is 12.6. The molecule has 1 aliphatic carbocycles. The zero-order valence-electron chi connectivity index (χ0n) is 31.2. The smallest absolute Gasteiger partial charge is 0.0650 e. The number of rotatable bonds is 5. The molecule has 0 radical (unpaired) electrons. The van der Waals surface area contributed by atoms with Gasteiger partial charge in [-0.25, -0.2) is 0 Å². The van der Waals surface area contributed by atoms with Crippen molar-refractivity contribution >= 4 is 60.7 Å². The molecular formula is C54H37N3. The minimum absolute atomic E-state index is 0.176. The van der Waals surface area contributed by atoms with Crippen LogP contribution in [0.2, 0.25) is 0 Å². The lowest BCUT2D eigenvalue weighted by Crippen LogP contribution is -2.31. The quantitative estimate of drug-likeness (QED) is 0.172. The van der Waals surface area contributed by atoms with Gasteiger partial charge >= 0.3 is 0 Å². The van der Waals surface area contributed by atoms with E-state index >= 15 is 0 Å². The summed E-state index contributed by atoms with van der Waals surface area (Å²) in [4.78, 5) is 2.52. The van der Waals surface area contributed by atoms with E-state index in [1.54, 1.807) is 0 Å². The SMILES string of the molecule is C1=CC2C(C(n3c4ccccc4c4cc(-c5ccc6c(c5)c5ccccc5n6-c5cccc(-c6ccccc6)c5)ccc43)=C1)c1ccccc1N2c1ccccc1. The molecule has 0 saturated carbocycles. The van der Waals surface area contributed by atoms with Gasteiger partial charge in [0.15, 0.2) is 0 Å². The van der Waals surface area contributed by atoms with Gasteiger partial charge in [-0.1, -0.05) is 140 Å². The number of hydrogen-bond acceptors (Lipinski definition) is 1. The summed E-state index contributed by atoms with van der Waals surface area (Å²) in [7, 11) is 0. The summed E-state index contributed by atoms with van der Waals surface area (Å²) in [5.74, 6) is 0.179. The Hall–Kier alpha value is -7.36. The number of allylic oxidation sites excluding steroid dienone is 2. The van der Waals surface area contributed by atoms with E-state index in [-0.39, 0.29) is 12.0 Å². The molecule has 12 rings (SSSR count). The number of para-hydroxylation sites is 4. The number of benzene rings is 8. The number of aromatic nitrogens is 2. The predicted octanol–water partition coefficient (Wildman–Crippen LogP) is 13.9. The molecule has 0 spiro atoms. The number of nitrogens with zero attached hydrogens (tertiary/aromatic N) is 3. The Balaban J connectivity index is 0.994. The fourth-order valence-electron chi connectivity index (χ4n) is 9.80. The molecule has 2 aromatic heterocycles. The molecule has 0 saturated heterocycles. The van der Waals surface area contributed by atoms with Gasteiger partial charge in [0.2, 0.25) is 0 Å². The van der Waals surface area contributed by atoms with E-state index in [0.717, 1.165) is 5.69 Å². The van der Waals surface area contributed by atoms with Crippen LogP contribution in [0.25, 0.3) is 77.2 Å². The molecule has 0 N–H and O–H groups in total. The normalized spacial score (nSPS) is 16.1. The van der Waals surface area contributed by atoms with Crippen LogP contribution in [-0.4, -0.2) is 15.2 Å². The summed E-state index contributed by atoms with van der Waals surface area (Å²) < 4.78 is 4.94. The average molecular weight is 728 g/mol. The van der Waals surface area contributed by atoms with Crippen LogP contribution in [0, 0.1) is 0 Å². The molecule has 1 aliphatic heterocycles. The van der Waals surface area contributed by atoms with E-state index in [1.165, 1.54) is 88.5 Å². The van der Waals surface area contributed by atoms with Crippen molar-refractivity contribution in [2.24, 2.45) is 0 Å². The molecule has 3 heteroatoms. The van der Waals surface area contributed by atoms with Crippen LogP contribution in [0.15, 0.2) is 212 Å². The van der Waals surface area contributed by atoms with Crippen LogP contribution in [0.1, 0.15) is 11.5 Å². The third-order valence-electron chi connectivity index (χ3n) is 12.2. The Labute approximate surface area is 331 Å². The topological polar surface area (TPSA) is 13.1 Å². The molecule has 2 atom stereocenters. The van der Waals surface area contributed by atoms with E-state index in [2.05, 4.69) is 226 Å². The average Bonchev–Trinajstić information content (AvgIpc) is 3.92. The van der Waals surface area contributed by atoms with Gasteiger partial charge in [-0.2, -0.15) is 0 Å². The van der Waals surface area contributed by atoms with E-state index < -0.39 is 0 Å². The van der Waals surface area contributed by atoms with Crippen molar-refractivity contribution in [2.75, 3.05) is 4.90 Å². The third kappa shape index (κ3) is 4.85. The molecule has 2 unspecified atom stereocenters. The third-order valence-corrected chi connectivity index (χ3v) is 12.2. The minimum Gasteiger partial charge on any atom is -0.333 e. The van der Waals surface area contributed by atoms with E-state index in [4.69, 9.17) is 0 Å². The Bertz CT molecular complexity index is 3250. The monoisotopic (exact) mass is 727 g/mol. The summed E-state index contributed by atoms with van der Waals surface area (Å²) in [5.41, 5.74) is 16.1. The van der Waals surface area contributed by atoms with Crippen LogP contribution in [0.4, 0.5) is 11.4 Å². The fraction of sp³-hybridized carbons (Fsp3) is 0.0370. The van der Waals surface area contributed by atoms with Crippen LogP contribution in [0.3, 0.4) is 0 Å². The van der Waals surface area contributed by atoms with Crippen molar-refractivity contribution in [1.29, 1.82) is 0 Å². The standard InChI is InChI=1S/C54H37N3/c1-3-15-36(16-4-1)37-17-13-20-41(33-37)56-47-24-10-7-21-42(47)45-34-38(29-31-50(45)56)39-30-32-51-46(35-39)43-22-8-11-25-48(43)57(51)53-28-14-27-52-54(53)44-23-9-12-26-49(44)55(52)40-18-5-2-6-19-40/h1-35,52,54H. The maximum Gasteiger partial charge on any atom is 0.0650 e. The highest BCUT2D eigenvalue weighted by atomic mass is 15.2. The van der Waals surface area contributed by atoms with Gasteiger partial charge in [0, 0.05) is 44.3 Å². The maximum atomic E-state index is 2.53. The largest absolute Gasteiger partial charge is 0.333 e. The molecule has 10 aromatic rings. The van der Waals surface area contributed by atoms with Crippen molar-refractivity contribution < 1.29 is 0 Å². The van der Waals surface area contributed by atoms with E-state index in [0.29, 0.717) is 0 Å². The number of fused-ring (bicyclic) bond motifs is 9. The Morgan fingerprint density at radius 1 is 0.368 bits per heavy atom. The summed E-state index contributed by atoms with van der Waals surface area (Å²) in [6.07, 6.45) is 6.97. The summed E-state index contributed by atoms with van der Waals surface area (Å²) in [6.45, 7) is 0. The first-order valence-electron chi connectivity index (χ1n) is 19.8. The van der Waals surface area contributed by atoms with E-state index in [1.807, 2.05) is 0 Å². The number of anilines is 2. The van der Waals surface area contributed by atoms with Crippen LogP contribution >= 0.6 is 0 Å². The fourth-order valence-corrected chi connectivity index (χ4v) is 9.80. The van der Waals surface area contributed by atoms with Crippen LogP contribution in [0.5, 0.6) is 0 Å².